The highest BCUT2D eigenvalue weighted by Gasteiger charge is 2.29. The van der Waals surface area contributed by atoms with Crippen molar-refractivity contribution in [3.8, 4) is 0 Å². The van der Waals surface area contributed by atoms with Crippen LogP contribution in [0.15, 0.2) is 4.52 Å². The lowest BCUT2D eigenvalue weighted by Crippen LogP contribution is -2.48. The number of aryl methyl sites for hydroxylation is 1. The van der Waals surface area contributed by atoms with Crippen molar-refractivity contribution in [2.24, 2.45) is 0 Å². The number of aromatic nitrogens is 2. The van der Waals surface area contributed by atoms with E-state index in [4.69, 9.17) is 9.26 Å². The Morgan fingerprint density at radius 1 is 1.36 bits per heavy atom. The quantitative estimate of drug-likeness (QED) is 0.833. The number of methoxy groups -OCH3 is 1. The van der Waals surface area contributed by atoms with Crippen LogP contribution in [0.4, 0.5) is 4.79 Å². The topological polar surface area (TPSA) is 83.7 Å². The van der Waals surface area contributed by atoms with Crippen molar-refractivity contribution in [3.63, 3.8) is 0 Å². The van der Waals surface area contributed by atoms with Gasteiger partial charge in [0.25, 0.3) is 0 Å². The molecule has 0 saturated carbocycles. The summed E-state index contributed by atoms with van der Waals surface area (Å²) >= 11 is 0. The van der Waals surface area contributed by atoms with Crippen molar-refractivity contribution in [1.29, 1.82) is 0 Å². The van der Waals surface area contributed by atoms with Gasteiger partial charge in [0.2, 0.25) is 5.89 Å². The predicted molar refractivity (Wildman–Crippen MR) is 92.5 cm³/mol. The summed E-state index contributed by atoms with van der Waals surface area (Å²) in [5.74, 6) is 1.44. The van der Waals surface area contributed by atoms with E-state index in [0.717, 1.165) is 45.5 Å². The number of carbonyl (C=O) groups excluding carboxylic acids is 1. The van der Waals surface area contributed by atoms with E-state index in [1.165, 1.54) is 6.42 Å². The van der Waals surface area contributed by atoms with E-state index in [0.29, 0.717) is 30.8 Å². The van der Waals surface area contributed by atoms with Gasteiger partial charge in [-0.05, 0) is 39.2 Å². The first-order valence-electron chi connectivity index (χ1n) is 9.23. The van der Waals surface area contributed by atoms with Gasteiger partial charge in [-0.1, -0.05) is 5.16 Å². The summed E-state index contributed by atoms with van der Waals surface area (Å²) < 4.78 is 10.5. The Hall–Kier alpha value is -1.67. The Labute approximate surface area is 148 Å². The summed E-state index contributed by atoms with van der Waals surface area (Å²) in [4.78, 5) is 21.2. The number of piperidine rings is 1. The molecular weight excluding hydrogens is 322 g/mol. The monoisotopic (exact) mass is 351 g/mol. The number of hydrogen-bond donors (Lipinski definition) is 1. The number of ether oxygens (including phenoxy) is 1. The Morgan fingerprint density at radius 3 is 2.96 bits per heavy atom. The Bertz CT molecular complexity index is 564. The SMILES string of the molecule is COCCN1CCCC1CNC(=O)N1CCCC(c2nc(C)no2)C1. The number of amides is 2. The molecule has 140 valence electrons. The average molecular weight is 351 g/mol. The highest BCUT2D eigenvalue weighted by molar-refractivity contribution is 5.74. The molecule has 8 nitrogen and oxygen atoms in total. The zero-order valence-corrected chi connectivity index (χ0v) is 15.2. The van der Waals surface area contributed by atoms with Gasteiger partial charge < -0.3 is 19.5 Å². The van der Waals surface area contributed by atoms with E-state index in [1.54, 1.807) is 7.11 Å². The van der Waals surface area contributed by atoms with Gasteiger partial charge in [-0.2, -0.15) is 4.98 Å². The molecule has 1 aromatic heterocycles. The smallest absolute Gasteiger partial charge is 0.317 e. The summed E-state index contributed by atoms with van der Waals surface area (Å²) in [5.41, 5.74) is 0. The third kappa shape index (κ3) is 4.70. The largest absolute Gasteiger partial charge is 0.383 e. The lowest BCUT2D eigenvalue weighted by Gasteiger charge is -2.32. The van der Waals surface area contributed by atoms with Gasteiger partial charge in [-0.3, -0.25) is 4.90 Å². The van der Waals surface area contributed by atoms with Crippen LogP contribution in [0.25, 0.3) is 0 Å². The second-order valence-electron chi connectivity index (χ2n) is 6.98. The van der Waals surface area contributed by atoms with Crippen molar-refractivity contribution in [2.45, 2.75) is 44.6 Å². The van der Waals surface area contributed by atoms with Crippen molar-refractivity contribution < 1.29 is 14.1 Å². The Balaban J connectivity index is 1.47. The van der Waals surface area contributed by atoms with Crippen LogP contribution >= 0.6 is 0 Å². The van der Waals surface area contributed by atoms with Crippen LogP contribution in [0.1, 0.15) is 43.3 Å². The van der Waals surface area contributed by atoms with Crippen LogP contribution in [0.3, 0.4) is 0 Å². The minimum absolute atomic E-state index is 0.0135. The lowest BCUT2D eigenvalue weighted by molar-refractivity contribution is 0.137. The first-order valence-corrected chi connectivity index (χ1v) is 9.23. The summed E-state index contributed by atoms with van der Waals surface area (Å²) in [6, 6.07) is 0.429. The molecule has 2 unspecified atom stereocenters. The van der Waals surface area contributed by atoms with Crippen molar-refractivity contribution in [3.05, 3.63) is 11.7 Å². The first-order chi connectivity index (χ1) is 12.2. The van der Waals surface area contributed by atoms with E-state index >= 15 is 0 Å². The molecule has 2 amide bonds. The highest BCUT2D eigenvalue weighted by atomic mass is 16.5. The summed E-state index contributed by atoms with van der Waals surface area (Å²) in [6.07, 6.45) is 4.27. The van der Waals surface area contributed by atoms with Crippen LogP contribution in [0.2, 0.25) is 0 Å². The predicted octanol–water partition coefficient (Wildman–Crippen LogP) is 1.38. The number of rotatable bonds is 6. The molecule has 0 bridgehead atoms. The molecule has 1 N–H and O–H groups in total. The molecule has 3 heterocycles. The van der Waals surface area contributed by atoms with E-state index < -0.39 is 0 Å². The van der Waals surface area contributed by atoms with Gasteiger partial charge in [0, 0.05) is 39.3 Å². The molecule has 3 rings (SSSR count). The minimum atomic E-state index is 0.0135. The molecule has 0 spiro atoms. The van der Waals surface area contributed by atoms with Crippen LogP contribution in [-0.4, -0.2) is 78.5 Å². The summed E-state index contributed by atoms with van der Waals surface area (Å²) in [6.45, 7) is 6.70. The number of nitrogens with one attached hydrogen (secondary N) is 1. The number of likely N-dealkylation sites (tertiary alicyclic amines) is 2. The third-order valence-corrected chi connectivity index (χ3v) is 5.17. The fraction of sp³-hybridized carbons (Fsp3) is 0.824. The number of nitrogens with zero attached hydrogens (tertiary/aromatic N) is 4. The van der Waals surface area contributed by atoms with Gasteiger partial charge in [-0.15, -0.1) is 0 Å². The van der Waals surface area contributed by atoms with Gasteiger partial charge in [0.15, 0.2) is 5.82 Å². The van der Waals surface area contributed by atoms with Crippen molar-refractivity contribution in [2.75, 3.05) is 46.4 Å². The van der Waals surface area contributed by atoms with Crippen LogP contribution in [0.5, 0.6) is 0 Å². The second kappa shape index (κ2) is 8.62. The second-order valence-corrected chi connectivity index (χ2v) is 6.98. The average Bonchev–Trinajstić information content (AvgIpc) is 3.26. The maximum Gasteiger partial charge on any atom is 0.317 e. The molecule has 0 aromatic carbocycles. The summed E-state index contributed by atoms with van der Waals surface area (Å²) in [7, 11) is 1.73. The van der Waals surface area contributed by atoms with Crippen LogP contribution in [-0.2, 0) is 4.74 Å². The standard InChI is InChI=1S/C17H29N5O3/c1-13-19-16(25-20-13)14-5-3-8-22(12-14)17(23)18-11-15-6-4-7-21(15)9-10-24-2/h14-15H,3-12H2,1-2H3,(H,18,23). The van der Waals surface area contributed by atoms with Crippen molar-refractivity contribution >= 4 is 6.03 Å². The zero-order chi connectivity index (χ0) is 17.6. The molecule has 2 atom stereocenters. The fourth-order valence-corrected chi connectivity index (χ4v) is 3.79. The molecule has 2 saturated heterocycles. The first kappa shape index (κ1) is 18.1. The maximum absolute atomic E-state index is 12.6. The fourth-order valence-electron chi connectivity index (χ4n) is 3.79. The van der Waals surface area contributed by atoms with Crippen molar-refractivity contribution in [1.82, 2.24) is 25.3 Å². The molecule has 0 aliphatic carbocycles. The van der Waals surface area contributed by atoms with E-state index in [9.17, 15) is 4.79 Å². The number of urea groups is 1. The van der Waals surface area contributed by atoms with Crippen LogP contribution in [0, 0.1) is 6.92 Å². The van der Waals surface area contributed by atoms with Gasteiger partial charge in [0.1, 0.15) is 0 Å². The number of carbonyl (C=O) groups is 1. The number of hydrogen-bond acceptors (Lipinski definition) is 6. The maximum atomic E-state index is 12.6. The molecular formula is C17H29N5O3. The Kier molecular flexibility index (Phi) is 6.25. The van der Waals surface area contributed by atoms with Gasteiger partial charge >= 0.3 is 6.03 Å². The molecule has 25 heavy (non-hydrogen) atoms. The molecule has 8 heteroatoms. The molecule has 0 radical (unpaired) electrons. The van der Waals surface area contributed by atoms with E-state index in [1.807, 2.05) is 11.8 Å². The van der Waals surface area contributed by atoms with E-state index in [2.05, 4.69) is 20.4 Å². The highest BCUT2D eigenvalue weighted by Crippen LogP contribution is 2.25. The zero-order valence-electron chi connectivity index (χ0n) is 15.2. The molecule has 2 aliphatic heterocycles. The summed E-state index contributed by atoms with van der Waals surface area (Å²) in [5, 5.41) is 6.98. The van der Waals surface area contributed by atoms with E-state index in [-0.39, 0.29) is 11.9 Å². The van der Waals surface area contributed by atoms with Gasteiger partial charge in [0.05, 0.1) is 12.5 Å². The Morgan fingerprint density at radius 2 is 2.20 bits per heavy atom. The molecule has 1 aromatic rings. The van der Waals surface area contributed by atoms with Crippen LogP contribution < -0.4 is 5.32 Å². The molecule has 2 aliphatic rings. The third-order valence-electron chi connectivity index (χ3n) is 5.17. The van der Waals surface area contributed by atoms with Gasteiger partial charge in [-0.25, -0.2) is 4.79 Å². The minimum Gasteiger partial charge on any atom is -0.383 e. The lowest BCUT2D eigenvalue weighted by atomic mass is 9.98. The molecule has 2 fully saturated rings. The normalized spacial score (nSPS) is 24.6.